The van der Waals surface area contributed by atoms with Crippen LogP contribution in [0.25, 0.3) is 0 Å². The molecule has 0 saturated carbocycles. The van der Waals surface area contributed by atoms with Gasteiger partial charge in [-0.15, -0.1) is 0 Å². The highest BCUT2D eigenvalue weighted by Gasteiger charge is 2.26. The summed E-state index contributed by atoms with van der Waals surface area (Å²) in [5, 5.41) is 0. The summed E-state index contributed by atoms with van der Waals surface area (Å²) in [6.07, 6.45) is 1.45. The smallest absolute Gasteiger partial charge is 0.133 e. The van der Waals surface area contributed by atoms with E-state index in [1.54, 1.807) is 0 Å². The van der Waals surface area contributed by atoms with Gasteiger partial charge in [-0.3, -0.25) is 11.3 Å². The summed E-state index contributed by atoms with van der Waals surface area (Å²) in [6.45, 7) is 3.83. The van der Waals surface area contributed by atoms with Crippen LogP contribution < -0.4 is 11.3 Å². The number of hydrogen-bond donors (Lipinski definition) is 2. The molecule has 1 unspecified atom stereocenters. The molecule has 0 heterocycles. The van der Waals surface area contributed by atoms with E-state index >= 15 is 0 Å². The monoisotopic (exact) mass is 246 g/mol. The van der Waals surface area contributed by atoms with Crippen molar-refractivity contribution in [1.82, 2.24) is 5.43 Å². The molecule has 17 heavy (non-hydrogen) atoms. The normalized spacial score (nSPS) is 13.1. The molecule has 96 valence electrons. The maximum atomic E-state index is 13.6. The van der Waals surface area contributed by atoms with Gasteiger partial charge in [-0.1, -0.05) is 26.7 Å². The standard InChI is InChI=1S/C12H17F3N2/c1-3-7(4-2)12(17-16)11-9(14)5-8(13)6-10(11)15/h5-7,12,17H,3-4,16H2,1-2H3. The Labute approximate surface area is 99.0 Å². The van der Waals surface area contributed by atoms with Crippen molar-refractivity contribution in [3.63, 3.8) is 0 Å². The molecule has 0 aliphatic carbocycles. The molecule has 1 aromatic rings. The maximum absolute atomic E-state index is 13.6. The number of hydrazine groups is 1. The van der Waals surface area contributed by atoms with E-state index in [9.17, 15) is 13.2 Å². The number of hydrogen-bond acceptors (Lipinski definition) is 2. The van der Waals surface area contributed by atoms with Crippen LogP contribution in [0.1, 0.15) is 38.3 Å². The molecule has 0 saturated heterocycles. The number of benzene rings is 1. The molecule has 0 spiro atoms. The van der Waals surface area contributed by atoms with Crippen LogP contribution in [0.4, 0.5) is 13.2 Å². The quantitative estimate of drug-likeness (QED) is 0.619. The Morgan fingerprint density at radius 2 is 1.59 bits per heavy atom. The minimum Gasteiger partial charge on any atom is -0.271 e. The second kappa shape index (κ2) is 6.02. The molecule has 1 aromatic carbocycles. The van der Waals surface area contributed by atoms with Gasteiger partial charge in [0.15, 0.2) is 0 Å². The topological polar surface area (TPSA) is 38.0 Å². The molecule has 0 radical (unpaired) electrons. The Balaban J connectivity index is 3.20. The van der Waals surface area contributed by atoms with Gasteiger partial charge in [0.2, 0.25) is 0 Å². The Bertz CT molecular complexity index is 355. The molecule has 1 atom stereocenters. The zero-order valence-electron chi connectivity index (χ0n) is 9.93. The molecule has 0 bridgehead atoms. The molecule has 0 amide bonds. The Hall–Kier alpha value is -1.07. The summed E-state index contributed by atoms with van der Waals surface area (Å²) in [7, 11) is 0. The van der Waals surface area contributed by atoms with Gasteiger partial charge in [0, 0.05) is 17.7 Å². The zero-order valence-corrected chi connectivity index (χ0v) is 9.93. The first kappa shape index (κ1) is 14.0. The van der Waals surface area contributed by atoms with Crippen molar-refractivity contribution in [3.05, 3.63) is 35.1 Å². The van der Waals surface area contributed by atoms with E-state index in [0.29, 0.717) is 12.1 Å². The minimum absolute atomic E-state index is 0.00513. The molecule has 0 aromatic heterocycles. The van der Waals surface area contributed by atoms with Gasteiger partial charge in [0.1, 0.15) is 17.5 Å². The molecular formula is C12H17F3N2. The van der Waals surface area contributed by atoms with Crippen molar-refractivity contribution in [2.24, 2.45) is 11.8 Å². The third-order valence-electron chi connectivity index (χ3n) is 3.05. The molecule has 0 aliphatic rings. The Kier molecular flexibility index (Phi) is 4.96. The fraction of sp³-hybridized carbons (Fsp3) is 0.500. The van der Waals surface area contributed by atoms with Gasteiger partial charge >= 0.3 is 0 Å². The van der Waals surface area contributed by atoms with E-state index < -0.39 is 23.5 Å². The average Bonchev–Trinajstić information content (AvgIpc) is 2.27. The van der Waals surface area contributed by atoms with Crippen molar-refractivity contribution in [1.29, 1.82) is 0 Å². The lowest BCUT2D eigenvalue weighted by molar-refractivity contribution is 0.325. The SMILES string of the molecule is CCC(CC)C(NN)c1c(F)cc(F)cc1F. The van der Waals surface area contributed by atoms with Crippen LogP contribution >= 0.6 is 0 Å². The largest absolute Gasteiger partial charge is 0.271 e. The Morgan fingerprint density at radius 1 is 1.12 bits per heavy atom. The third-order valence-corrected chi connectivity index (χ3v) is 3.05. The van der Waals surface area contributed by atoms with E-state index in [2.05, 4.69) is 5.43 Å². The summed E-state index contributed by atoms with van der Waals surface area (Å²) in [6, 6.07) is 0.696. The predicted octanol–water partition coefficient (Wildman–Crippen LogP) is 3.04. The van der Waals surface area contributed by atoms with E-state index in [-0.39, 0.29) is 11.5 Å². The summed E-state index contributed by atoms with van der Waals surface area (Å²) < 4.78 is 40.0. The van der Waals surface area contributed by atoms with Gasteiger partial charge in [-0.05, 0) is 5.92 Å². The van der Waals surface area contributed by atoms with Crippen molar-refractivity contribution in [3.8, 4) is 0 Å². The van der Waals surface area contributed by atoms with E-state index in [4.69, 9.17) is 5.84 Å². The molecule has 5 heteroatoms. The fourth-order valence-electron chi connectivity index (χ4n) is 2.07. The molecular weight excluding hydrogens is 229 g/mol. The lowest BCUT2D eigenvalue weighted by Gasteiger charge is -2.25. The van der Waals surface area contributed by atoms with Gasteiger partial charge in [0.05, 0.1) is 6.04 Å². The van der Waals surface area contributed by atoms with E-state index in [0.717, 1.165) is 12.8 Å². The van der Waals surface area contributed by atoms with Crippen LogP contribution in [-0.2, 0) is 0 Å². The van der Waals surface area contributed by atoms with E-state index in [1.807, 2.05) is 13.8 Å². The summed E-state index contributed by atoms with van der Waals surface area (Å²) >= 11 is 0. The van der Waals surface area contributed by atoms with E-state index in [1.165, 1.54) is 0 Å². The maximum Gasteiger partial charge on any atom is 0.133 e. The molecule has 0 fully saturated rings. The lowest BCUT2D eigenvalue weighted by Crippen LogP contribution is -2.34. The van der Waals surface area contributed by atoms with Crippen LogP contribution in [0.5, 0.6) is 0 Å². The molecule has 3 N–H and O–H groups in total. The second-order valence-corrected chi connectivity index (χ2v) is 4.00. The third kappa shape index (κ3) is 2.98. The number of rotatable bonds is 5. The van der Waals surface area contributed by atoms with Crippen LogP contribution in [-0.4, -0.2) is 0 Å². The van der Waals surface area contributed by atoms with Crippen LogP contribution in [0.3, 0.4) is 0 Å². The second-order valence-electron chi connectivity index (χ2n) is 4.00. The first-order chi connectivity index (χ1) is 8.04. The Morgan fingerprint density at radius 3 is 1.94 bits per heavy atom. The van der Waals surface area contributed by atoms with Crippen LogP contribution in [0, 0.1) is 23.4 Å². The van der Waals surface area contributed by atoms with Gasteiger partial charge in [-0.25, -0.2) is 13.2 Å². The van der Waals surface area contributed by atoms with Crippen LogP contribution in [0.2, 0.25) is 0 Å². The number of halogens is 3. The fourth-order valence-corrected chi connectivity index (χ4v) is 2.07. The summed E-state index contributed by atoms with van der Waals surface area (Å²) in [5.74, 6) is 2.61. The van der Waals surface area contributed by atoms with Gasteiger partial charge in [0.25, 0.3) is 0 Å². The minimum atomic E-state index is -0.927. The van der Waals surface area contributed by atoms with Crippen LogP contribution in [0.15, 0.2) is 12.1 Å². The van der Waals surface area contributed by atoms with Crippen molar-refractivity contribution in [2.45, 2.75) is 32.7 Å². The summed E-state index contributed by atoms with van der Waals surface area (Å²) in [4.78, 5) is 0. The molecule has 1 rings (SSSR count). The number of nitrogens with one attached hydrogen (secondary N) is 1. The first-order valence-corrected chi connectivity index (χ1v) is 5.65. The number of nitrogens with two attached hydrogens (primary N) is 1. The van der Waals surface area contributed by atoms with Crippen molar-refractivity contribution >= 4 is 0 Å². The van der Waals surface area contributed by atoms with Gasteiger partial charge < -0.3 is 0 Å². The molecule has 2 nitrogen and oxygen atoms in total. The van der Waals surface area contributed by atoms with Crippen molar-refractivity contribution < 1.29 is 13.2 Å². The predicted molar refractivity (Wildman–Crippen MR) is 60.5 cm³/mol. The lowest BCUT2D eigenvalue weighted by atomic mass is 9.88. The molecule has 0 aliphatic heterocycles. The highest BCUT2D eigenvalue weighted by Crippen LogP contribution is 2.30. The van der Waals surface area contributed by atoms with Gasteiger partial charge in [-0.2, -0.15) is 0 Å². The summed E-state index contributed by atoms with van der Waals surface area (Å²) in [5.41, 5.74) is 2.23. The first-order valence-electron chi connectivity index (χ1n) is 5.65. The highest BCUT2D eigenvalue weighted by atomic mass is 19.1. The highest BCUT2D eigenvalue weighted by molar-refractivity contribution is 5.24. The average molecular weight is 246 g/mol. The van der Waals surface area contributed by atoms with Crippen molar-refractivity contribution in [2.75, 3.05) is 0 Å². The zero-order chi connectivity index (χ0) is 13.0.